The van der Waals surface area contributed by atoms with E-state index in [4.69, 9.17) is 9.47 Å². The average Bonchev–Trinajstić information content (AvgIpc) is 3.25. The third-order valence-electron chi connectivity index (χ3n) is 5.33. The van der Waals surface area contributed by atoms with Crippen LogP contribution in [0.4, 0.5) is 14.5 Å². The van der Waals surface area contributed by atoms with E-state index in [1.165, 1.54) is 10.8 Å². The number of amides is 2. The molecule has 1 saturated heterocycles. The number of anilines is 1. The lowest BCUT2D eigenvalue weighted by Crippen LogP contribution is -2.59. The van der Waals surface area contributed by atoms with E-state index in [2.05, 4.69) is 10.3 Å². The van der Waals surface area contributed by atoms with Gasteiger partial charge in [-0.05, 0) is 17.5 Å². The van der Waals surface area contributed by atoms with Gasteiger partial charge in [0, 0.05) is 23.6 Å². The number of nitrogens with one attached hydrogen (secondary N) is 1. The first-order valence-corrected chi connectivity index (χ1v) is 12.1. The minimum absolute atomic E-state index is 0.0332. The molecular weight excluding hydrogens is 516 g/mol. The van der Waals surface area contributed by atoms with E-state index in [9.17, 15) is 38.8 Å². The number of aliphatic hydroxyl groups is 4. The molecule has 11 nitrogen and oxygen atoms in total. The van der Waals surface area contributed by atoms with E-state index >= 15 is 0 Å². The van der Waals surface area contributed by atoms with Crippen molar-refractivity contribution in [3.05, 3.63) is 45.7 Å². The lowest BCUT2D eigenvalue weighted by atomic mass is 9.92. The molecule has 0 spiro atoms. The molecule has 2 amide bonds. The SMILES string of the molecule is CC(C)(C)CC(=O)Nc1c(F)cc(C(=O)N=c2sccn2COC2OC(CO)C(O)C(O)C2O)cc1F. The fourth-order valence-electron chi connectivity index (χ4n) is 3.48. The van der Waals surface area contributed by atoms with Gasteiger partial charge in [0.2, 0.25) is 5.91 Å². The number of benzene rings is 1. The highest BCUT2D eigenvalue weighted by Crippen LogP contribution is 2.25. The standard InChI is InChI=1S/C23H29F2N3O8S/c1-23(2,3)8-15(30)26-16-12(24)6-11(7-13(16)25)20(34)27-22-28(4-5-37-22)10-35-21-19(33)18(32)17(31)14(9-29)36-21/h4-7,14,17-19,21,29,31-33H,8-10H2,1-3H3,(H,26,30). The summed E-state index contributed by atoms with van der Waals surface area (Å²) in [6, 6.07) is 1.54. The van der Waals surface area contributed by atoms with Crippen molar-refractivity contribution in [3.8, 4) is 0 Å². The summed E-state index contributed by atoms with van der Waals surface area (Å²) in [6.45, 7) is 4.45. The van der Waals surface area contributed by atoms with Gasteiger partial charge in [-0.15, -0.1) is 11.3 Å². The third kappa shape index (κ3) is 7.25. The normalized spacial score (nSPS) is 24.8. The number of carbonyl (C=O) groups excluding carboxylic acids is 2. The monoisotopic (exact) mass is 545 g/mol. The van der Waals surface area contributed by atoms with Gasteiger partial charge < -0.3 is 35.2 Å². The first-order chi connectivity index (χ1) is 17.3. The zero-order valence-corrected chi connectivity index (χ0v) is 21.1. The minimum atomic E-state index is -1.62. The van der Waals surface area contributed by atoms with Crippen LogP contribution >= 0.6 is 11.3 Å². The van der Waals surface area contributed by atoms with Gasteiger partial charge in [0.15, 0.2) is 22.7 Å². The molecule has 5 unspecified atom stereocenters. The van der Waals surface area contributed by atoms with Crippen molar-refractivity contribution in [2.24, 2.45) is 10.4 Å². The summed E-state index contributed by atoms with van der Waals surface area (Å²) in [5, 5.41) is 42.8. The van der Waals surface area contributed by atoms with Crippen LogP contribution in [0.2, 0.25) is 0 Å². The van der Waals surface area contributed by atoms with Crippen LogP contribution in [0, 0.1) is 17.0 Å². The highest BCUT2D eigenvalue weighted by Gasteiger charge is 2.44. The Bertz CT molecular complexity index is 1170. The van der Waals surface area contributed by atoms with E-state index in [0.29, 0.717) is 0 Å². The van der Waals surface area contributed by atoms with E-state index in [-0.39, 0.29) is 18.0 Å². The molecule has 1 aliphatic heterocycles. The van der Waals surface area contributed by atoms with Crippen LogP contribution in [-0.2, 0) is 21.0 Å². The molecule has 2 aromatic rings. The zero-order chi connectivity index (χ0) is 27.5. The van der Waals surface area contributed by atoms with E-state index < -0.39 is 77.4 Å². The lowest BCUT2D eigenvalue weighted by molar-refractivity contribution is -0.308. The Labute approximate surface area is 214 Å². The van der Waals surface area contributed by atoms with Gasteiger partial charge in [-0.1, -0.05) is 20.8 Å². The van der Waals surface area contributed by atoms with Crippen molar-refractivity contribution >= 4 is 28.8 Å². The number of carbonyl (C=O) groups is 2. The molecule has 0 radical (unpaired) electrons. The molecule has 3 rings (SSSR count). The first kappa shape index (κ1) is 29.0. The van der Waals surface area contributed by atoms with Crippen molar-refractivity contribution in [2.45, 2.75) is 64.6 Å². The summed E-state index contributed by atoms with van der Waals surface area (Å²) in [6.07, 6.45) is -5.84. The summed E-state index contributed by atoms with van der Waals surface area (Å²) in [4.78, 5) is 28.6. The molecule has 1 aliphatic rings. The Hall–Kier alpha value is -2.59. The van der Waals surface area contributed by atoms with E-state index in [1.54, 1.807) is 26.2 Å². The first-order valence-electron chi connectivity index (χ1n) is 11.2. The average molecular weight is 546 g/mol. The highest BCUT2D eigenvalue weighted by molar-refractivity contribution is 7.07. The molecule has 1 fully saturated rings. The van der Waals surface area contributed by atoms with Crippen LogP contribution in [0.25, 0.3) is 0 Å². The Morgan fingerprint density at radius 2 is 1.81 bits per heavy atom. The van der Waals surface area contributed by atoms with Crippen molar-refractivity contribution < 1.29 is 48.3 Å². The second kappa shape index (κ2) is 11.9. The molecule has 1 aromatic heterocycles. The fraction of sp³-hybridized carbons (Fsp3) is 0.522. The summed E-state index contributed by atoms with van der Waals surface area (Å²) < 4.78 is 41.1. The maximum Gasteiger partial charge on any atom is 0.279 e. The number of aliphatic hydroxyl groups excluding tert-OH is 4. The van der Waals surface area contributed by atoms with Gasteiger partial charge in [0.1, 0.15) is 36.8 Å². The lowest BCUT2D eigenvalue weighted by Gasteiger charge is -2.39. The van der Waals surface area contributed by atoms with Crippen molar-refractivity contribution in [1.29, 1.82) is 0 Å². The van der Waals surface area contributed by atoms with Gasteiger partial charge in [0.25, 0.3) is 5.91 Å². The van der Waals surface area contributed by atoms with Crippen LogP contribution < -0.4 is 10.1 Å². The number of ether oxygens (including phenoxy) is 2. The largest absolute Gasteiger partial charge is 0.394 e. The molecule has 1 aromatic carbocycles. The fourth-order valence-corrected chi connectivity index (χ4v) is 4.19. The van der Waals surface area contributed by atoms with Crippen LogP contribution in [-0.4, -0.2) is 74.1 Å². The van der Waals surface area contributed by atoms with Crippen LogP contribution in [0.15, 0.2) is 28.7 Å². The summed E-state index contributed by atoms with van der Waals surface area (Å²) in [5.41, 5.74) is -1.45. The smallest absolute Gasteiger partial charge is 0.279 e. The van der Waals surface area contributed by atoms with Gasteiger partial charge in [-0.25, -0.2) is 8.78 Å². The summed E-state index contributed by atoms with van der Waals surface area (Å²) in [5.74, 6) is -3.81. The van der Waals surface area contributed by atoms with Crippen molar-refractivity contribution in [1.82, 2.24) is 4.57 Å². The second-order valence-electron chi connectivity index (χ2n) is 9.67. The molecule has 5 atom stereocenters. The quantitative estimate of drug-likeness (QED) is 0.340. The number of rotatable bonds is 7. The predicted molar refractivity (Wildman–Crippen MR) is 126 cm³/mol. The number of hydrogen-bond acceptors (Lipinski definition) is 9. The van der Waals surface area contributed by atoms with Crippen molar-refractivity contribution in [2.75, 3.05) is 11.9 Å². The molecule has 37 heavy (non-hydrogen) atoms. The molecular formula is C23H29F2N3O8S. The molecule has 2 heterocycles. The number of aromatic nitrogens is 1. The molecule has 0 aliphatic carbocycles. The van der Waals surface area contributed by atoms with Crippen LogP contribution in [0.3, 0.4) is 0 Å². The summed E-state index contributed by atoms with van der Waals surface area (Å²) in [7, 11) is 0. The van der Waals surface area contributed by atoms with Crippen molar-refractivity contribution in [3.63, 3.8) is 0 Å². The molecule has 204 valence electrons. The number of nitrogens with zero attached hydrogens (tertiary/aromatic N) is 2. The molecule has 14 heteroatoms. The molecule has 0 saturated carbocycles. The Kier molecular flexibility index (Phi) is 9.28. The van der Waals surface area contributed by atoms with E-state index in [1.807, 2.05) is 0 Å². The third-order valence-corrected chi connectivity index (χ3v) is 6.12. The maximum atomic E-state index is 14.5. The minimum Gasteiger partial charge on any atom is -0.394 e. The topological polar surface area (TPSA) is 163 Å². The van der Waals surface area contributed by atoms with Gasteiger partial charge in [-0.2, -0.15) is 4.99 Å². The Balaban J connectivity index is 1.73. The van der Waals surface area contributed by atoms with E-state index in [0.717, 1.165) is 23.5 Å². The van der Waals surface area contributed by atoms with Gasteiger partial charge in [0.05, 0.1) is 6.61 Å². The van der Waals surface area contributed by atoms with Gasteiger partial charge in [-0.3, -0.25) is 14.2 Å². The van der Waals surface area contributed by atoms with Crippen LogP contribution in [0.5, 0.6) is 0 Å². The second-order valence-corrected chi connectivity index (χ2v) is 10.5. The maximum absolute atomic E-state index is 14.5. The Morgan fingerprint density at radius 3 is 2.41 bits per heavy atom. The zero-order valence-electron chi connectivity index (χ0n) is 20.3. The predicted octanol–water partition coefficient (Wildman–Crippen LogP) is 0.718. The Morgan fingerprint density at radius 1 is 1.16 bits per heavy atom. The number of halogens is 2. The van der Waals surface area contributed by atoms with Crippen LogP contribution in [0.1, 0.15) is 37.6 Å². The highest BCUT2D eigenvalue weighted by atomic mass is 32.1. The molecule has 0 bridgehead atoms. The number of thiazole rings is 1. The van der Waals surface area contributed by atoms with Gasteiger partial charge >= 0.3 is 0 Å². The summed E-state index contributed by atoms with van der Waals surface area (Å²) >= 11 is 1.01. The molecule has 5 N–H and O–H groups in total. The number of hydrogen-bond donors (Lipinski definition) is 5.